The average Bonchev–Trinajstić information content (AvgIpc) is 3.24. The van der Waals surface area contributed by atoms with Crippen molar-refractivity contribution in [1.29, 1.82) is 0 Å². The van der Waals surface area contributed by atoms with Crippen molar-refractivity contribution in [2.75, 3.05) is 6.54 Å². The number of furan rings is 1. The molecule has 1 aliphatic rings. The summed E-state index contributed by atoms with van der Waals surface area (Å²) in [6.07, 6.45) is 3.81. The summed E-state index contributed by atoms with van der Waals surface area (Å²) in [5.41, 5.74) is 4.82. The highest BCUT2D eigenvalue weighted by atomic mass is 16.3. The molecule has 110 valence electrons. The Morgan fingerprint density at radius 3 is 2.86 bits per heavy atom. The molecule has 1 N–H and O–H groups in total. The van der Waals surface area contributed by atoms with E-state index in [4.69, 9.17) is 4.42 Å². The van der Waals surface area contributed by atoms with Crippen LogP contribution in [-0.4, -0.2) is 27.5 Å². The summed E-state index contributed by atoms with van der Waals surface area (Å²) in [4.78, 5) is 14.3. The fourth-order valence-electron chi connectivity index (χ4n) is 2.87. The third kappa shape index (κ3) is 2.11. The lowest BCUT2D eigenvalue weighted by atomic mass is 10.0. The molecule has 0 unspecified atom stereocenters. The van der Waals surface area contributed by atoms with Crippen molar-refractivity contribution < 1.29 is 9.21 Å². The molecule has 0 saturated carbocycles. The number of fused-ring (bicyclic) bond motifs is 1. The number of benzene rings is 1. The van der Waals surface area contributed by atoms with Gasteiger partial charge in [-0.25, -0.2) is 0 Å². The Morgan fingerprint density at radius 1 is 1.23 bits per heavy atom. The van der Waals surface area contributed by atoms with E-state index in [1.807, 2.05) is 35.2 Å². The standard InChI is InChI=1S/C17H15N3O2/c21-17(13-7-9-22-11-13)20-8-6-15-14(10-20)16(19-18-15)12-4-2-1-3-5-12/h1-5,7,9,11H,6,8,10H2,(H,18,19). The SMILES string of the molecule is O=C(c1ccoc1)N1CCc2[nH]nc(-c3ccccc3)c2C1. The molecule has 0 saturated heterocycles. The average molecular weight is 293 g/mol. The number of aromatic nitrogens is 2. The number of carbonyl (C=O) groups is 1. The van der Waals surface area contributed by atoms with E-state index in [1.165, 1.54) is 12.5 Å². The number of amides is 1. The van der Waals surface area contributed by atoms with Gasteiger partial charge in [0.25, 0.3) is 5.91 Å². The molecule has 22 heavy (non-hydrogen) atoms. The van der Waals surface area contributed by atoms with Gasteiger partial charge in [0, 0.05) is 36.3 Å². The second-order valence-electron chi connectivity index (χ2n) is 5.38. The predicted octanol–water partition coefficient (Wildman–Crippen LogP) is 2.87. The summed E-state index contributed by atoms with van der Waals surface area (Å²) < 4.78 is 5.01. The van der Waals surface area contributed by atoms with Crippen LogP contribution in [0.2, 0.25) is 0 Å². The zero-order valence-electron chi connectivity index (χ0n) is 12.0. The molecule has 5 nitrogen and oxygen atoms in total. The first-order chi connectivity index (χ1) is 10.8. The van der Waals surface area contributed by atoms with Gasteiger partial charge in [-0.15, -0.1) is 0 Å². The minimum Gasteiger partial charge on any atom is -0.472 e. The maximum Gasteiger partial charge on any atom is 0.257 e. The van der Waals surface area contributed by atoms with Gasteiger partial charge in [0.2, 0.25) is 0 Å². The fourth-order valence-corrected chi connectivity index (χ4v) is 2.87. The van der Waals surface area contributed by atoms with E-state index in [9.17, 15) is 4.79 Å². The first-order valence-electron chi connectivity index (χ1n) is 7.26. The van der Waals surface area contributed by atoms with Crippen LogP contribution in [-0.2, 0) is 13.0 Å². The number of hydrogen-bond acceptors (Lipinski definition) is 3. The van der Waals surface area contributed by atoms with E-state index in [0.717, 1.165) is 28.9 Å². The minimum atomic E-state index is -0.000360. The molecule has 1 amide bonds. The molecular weight excluding hydrogens is 278 g/mol. The highest BCUT2D eigenvalue weighted by molar-refractivity contribution is 5.94. The molecule has 0 atom stereocenters. The summed E-state index contributed by atoms with van der Waals surface area (Å²) in [6.45, 7) is 1.26. The number of nitrogens with zero attached hydrogens (tertiary/aromatic N) is 2. The Balaban J connectivity index is 1.66. The molecular formula is C17H15N3O2. The molecule has 2 aromatic heterocycles. The Kier molecular flexibility index (Phi) is 3.04. The van der Waals surface area contributed by atoms with Gasteiger partial charge >= 0.3 is 0 Å². The Labute approximate surface area is 127 Å². The van der Waals surface area contributed by atoms with Gasteiger partial charge in [-0.2, -0.15) is 5.10 Å². The molecule has 3 heterocycles. The zero-order chi connectivity index (χ0) is 14.9. The van der Waals surface area contributed by atoms with Crippen LogP contribution in [0.5, 0.6) is 0 Å². The fraction of sp³-hybridized carbons (Fsp3) is 0.176. The van der Waals surface area contributed by atoms with Gasteiger partial charge in [-0.05, 0) is 6.07 Å². The molecule has 0 spiro atoms. The smallest absolute Gasteiger partial charge is 0.257 e. The Hall–Kier alpha value is -2.82. The van der Waals surface area contributed by atoms with E-state index in [0.29, 0.717) is 18.7 Å². The minimum absolute atomic E-state index is 0.000360. The third-order valence-corrected chi connectivity index (χ3v) is 4.04. The van der Waals surface area contributed by atoms with Crippen LogP contribution in [0, 0.1) is 0 Å². The van der Waals surface area contributed by atoms with E-state index in [1.54, 1.807) is 6.07 Å². The number of H-pyrrole nitrogens is 1. The molecule has 0 radical (unpaired) electrons. The maximum atomic E-state index is 12.5. The van der Waals surface area contributed by atoms with Crippen LogP contribution in [0.3, 0.4) is 0 Å². The van der Waals surface area contributed by atoms with Gasteiger partial charge in [0.05, 0.1) is 17.5 Å². The van der Waals surface area contributed by atoms with E-state index in [-0.39, 0.29) is 5.91 Å². The van der Waals surface area contributed by atoms with Crippen molar-refractivity contribution in [3.63, 3.8) is 0 Å². The summed E-state index contributed by atoms with van der Waals surface area (Å²) in [7, 11) is 0. The monoisotopic (exact) mass is 293 g/mol. The molecule has 0 fully saturated rings. The van der Waals surface area contributed by atoms with Crippen LogP contribution in [0.15, 0.2) is 53.3 Å². The van der Waals surface area contributed by atoms with Crippen LogP contribution in [0.1, 0.15) is 21.6 Å². The highest BCUT2D eigenvalue weighted by Crippen LogP contribution is 2.28. The normalized spacial score (nSPS) is 13.9. The molecule has 0 bridgehead atoms. The van der Waals surface area contributed by atoms with Gasteiger partial charge in [0.1, 0.15) is 6.26 Å². The van der Waals surface area contributed by atoms with Crippen molar-refractivity contribution in [3.8, 4) is 11.3 Å². The molecule has 1 aromatic carbocycles. The molecule has 4 rings (SSSR count). The quantitative estimate of drug-likeness (QED) is 0.790. The number of aromatic amines is 1. The van der Waals surface area contributed by atoms with Crippen LogP contribution in [0.4, 0.5) is 0 Å². The van der Waals surface area contributed by atoms with E-state index in [2.05, 4.69) is 10.2 Å². The van der Waals surface area contributed by atoms with Crippen molar-refractivity contribution in [3.05, 3.63) is 65.7 Å². The van der Waals surface area contributed by atoms with Crippen molar-refractivity contribution in [2.45, 2.75) is 13.0 Å². The van der Waals surface area contributed by atoms with Gasteiger partial charge in [-0.3, -0.25) is 9.89 Å². The highest BCUT2D eigenvalue weighted by Gasteiger charge is 2.26. The van der Waals surface area contributed by atoms with Gasteiger partial charge < -0.3 is 9.32 Å². The second kappa shape index (κ2) is 5.18. The summed E-state index contributed by atoms with van der Waals surface area (Å²) in [5, 5.41) is 7.56. The van der Waals surface area contributed by atoms with Crippen molar-refractivity contribution in [2.24, 2.45) is 0 Å². The zero-order valence-corrected chi connectivity index (χ0v) is 12.0. The first-order valence-corrected chi connectivity index (χ1v) is 7.26. The Morgan fingerprint density at radius 2 is 2.09 bits per heavy atom. The number of carbonyl (C=O) groups excluding carboxylic acids is 1. The van der Waals surface area contributed by atoms with Crippen molar-refractivity contribution >= 4 is 5.91 Å². The summed E-state index contributed by atoms with van der Waals surface area (Å²) in [6, 6.07) is 11.7. The third-order valence-electron chi connectivity index (χ3n) is 4.04. The van der Waals surface area contributed by atoms with E-state index >= 15 is 0 Å². The van der Waals surface area contributed by atoms with Crippen LogP contribution < -0.4 is 0 Å². The number of hydrogen-bond donors (Lipinski definition) is 1. The van der Waals surface area contributed by atoms with Crippen LogP contribution in [0.25, 0.3) is 11.3 Å². The van der Waals surface area contributed by atoms with Crippen molar-refractivity contribution in [1.82, 2.24) is 15.1 Å². The molecule has 0 aliphatic carbocycles. The first kappa shape index (κ1) is 12.9. The van der Waals surface area contributed by atoms with Crippen LogP contribution >= 0.6 is 0 Å². The predicted molar refractivity (Wildman–Crippen MR) is 81.2 cm³/mol. The lowest BCUT2D eigenvalue weighted by Crippen LogP contribution is -2.35. The van der Waals surface area contributed by atoms with Gasteiger partial charge in [-0.1, -0.05) is 30.3 Å². The Bertz CT molecular complexity index is 791. The molecule has 3 aromatic rings. The number of nitrogens with one attached hydrogen (secondary N) is 1. The topological polar surface area (TPSA) is 62.1 Å². The number of rotatable bonds is 2. The van der Waals surface area contributed by atoms with E-state index < -0.39 is 0 Å². The maximum absolute atomic E-state index is 12.5. The lowest BCUT2D eigenvalue weighted by Gasteiger charge is -2.26. The molecule has 1 aliphatic heterocycles. The second-order valence-corrected chi connectivity index (χ2v) is 5.38. The summed E-state index contributed by atoms with van der Waals surface area (Å²) in [5.74, 6) is -0.000360. The van der Waals surface area contributed by atoms with Gasteiger partial charge in [0.15, 0.2) is 0 Å². The molecule has 5 heteroatoms. The lowest BCUT2D eigenvalue weighted by molar-refractivity contribution is 0.0734. The summed E-state index contributed by atoms with van der Waals surface area (Å²) >= 11 is 0. The largest absolute Gasteiger partial charge is 0.472 e.